The van der Waals surface area contributed by atoms with Gasteiger partial charge in [0.25, 0.3) is 0 Å². The first-order valence-corrected chi connectivity index (χ1v) is 8.37. The summed E-state index contributed by atoms with van der Waals surface area (Å²) in [7, 11) is -5.71. The quantitative estimate of drug-likeness (QED) is 0.375. The van der Waals surface area contributed by atoms with Crippen molar-refractivity contribution >= 4 is 20.9 Å². The molecule has 0 aliphatic heterocycles. The Kier molecular flexibility index (Phi) is 4.16. The van der Waals surface area contributed by atoms with Crippen molar-refractivity contribution in [1.29, 1.82) is 0 Å². The smallest absolute Gasteiger partial charge is 0.376 e. The molecule has 0 N–H and O–H groups in total. The van der Waals surface area contributed by atoms with Crippen molar-refractivity contribution in [1.82, 2.24) is 0 Å². The van der Waals surface area contributed by atoms with E-state index in [1.165, 1.54) is 24.3 Å². The van der Waals surface area contributed by atoms with Gasteiger partial charge in [0.15, 0.2) is 0 Å². The second-order valence-electron chi connectivity index (χ2n) is 5.21. The van der Waals surface area contributed by atoms with Gasteiger partial charge in [0, 0.05) is 0 Å². The van der Waals surface area contributed by atoms with Gasteiger partial charge in [-0.25, -0.2) is 4.39 Å². The van der Waals surface area contributed by atoms with E-state index in [9.17, 15) is 26.0 Å². The van der Waals surface area contributed by atoms with Crippen molar-refractivity contribution in [3.8, 4) is 16.9 Å². The first-order valence-electron chi connectivity index (χ1n) is 6.96. The largest absolute Gasteiger partial charge is 0.534 e. The third-order valence-electron chi connectivity index (χ3n) is 3.48. The number of halogens is 4. The molecule has 25 heavy (non-hydrogen) atoms. The lowest BCUT2D eigenvalue weighted by Crippen LogP contribution is -2.28. The molecule has 3 aromatic carbocycles. The highest BCUT2D eigenvalue weighted by molar-refractivity contribution is 7.88. The number of hydrogen-bond acceptors (Lipinski definition) is 3. The lowest BCUT2D eigenvalue weighted by molar-refractivity contribution is -0.0500. The summed E-state index contributed by atoms with van der Waals surface area (Å²) in [6.07, 6.45) is 0. The molecule has 0 aliphatic carbocycles. The molecule has 0 amide bonds. The molecule has 0 saturated heterocycles. The summed E-state index contributed by atoms with van der Waals surface area (Å²) in [4.78, 5) is 0. The van der Waals surface area contributed by atoms with Gasteiger partial charge in [-0.2, -0.15) is 21.6 Å². The summed E-state index contributed by atoms with van der Waals surface area (Å²) in [5, 5.41) is 1.17. The van der Waals surface area contributed by atoms with Crippen LogP contribution in [0.25, 0.3) is 21.9 Å². The zero-order valence-electron chi connectivity index (χ0n) is 12.4. The molecule has 0 heterocycles. The average Bonchev–Trinajstić information content (AvgIpc) is 2.54. The van der Waals surface area contributed by atoms with Crippen LogP contribution in [-0.2, 0) is 10.1 Å². The summed E-state index contributed by atoms with van der Waals surface area (Å²) >= 11 is 0. The molecule has 0 bridgehead atoms. The Labute approximate surface area is 140 Å². The number of fused-ring (bicyclic) bond motifs is 1. The minimum atomic E-state index is -5.71. The zero-order chi connectivity index (χ0) is 18.2. The molecule has 3 aromatic rings. The maximum atomic E-state index is 13.0. The van der Waals surface area contributed by atoms with Crippen molar-refractivity contribution in [2.45, 2.75) is 5.51 Å². The monoisotopic (exact) mass is 370 g/mol. The van der Waals surface area contributed by atoms with Crippen LogP contribution in [0, 0.1) is 5.82 Å². The van der Waals surface area contributed by atoms with Gasteiger partial charge in [-0.1, -0.05) is 30.3 Å². The number of benzene rings is 3. The van der Waals surface area contributed by atoms with E-state index in [4.69, 9.17) is 0 Å². The van der Waals surface area contributed by atoms with Crippen LogP contribution in [0.15, 0.2) is 60.7 Å². The lowest BCUT2D eigenvalue weighted by Gasteiger charge is -2.10. The van der Waals surface area contributed by atoms with Gasteiger partial charge in [-0.05, 0) is 52.2 Å². The molecule has 0 spiro atoms. The Morgan fingerprint density at radius 3 is 1.96 bits per heavy atom. The minimum Gasteiger partial charge on any atom is -0.376 e. The Morgan fingerprint density at radius 1 is 0.760 bits per heavy atom. The summed E-state index contributed by atoms with van der Waals surface area (Å²) in [5.41, 5.74) is -3.94. The topological polar surface area (TPSA) is 43.4 Å². The van der Waals surface area contributed by atoms with E-state index in [1.807, 2.05) is 0 Å². The van der Waals surface area contributed by atoms with E-state index >= 15 is 0 Å². The number of rotatable bonds is 3. The number of alkyl halides is 3. The normalized spacial score (nSPS) is 12.3. The molecular formula is C17H10F4O3S. The summed E-state index contributed by atoms with van der Waals surface area (Å²) in [6.45, 7) is 0. The van der Waals surface area contributed by atoms with E-state index in [2.05, 4.69) is 4.18 Å². The third-order valence-corrected chi connectivity index (χ3v) is 4.46. The summed E-state index contributed by atoms with van der Waals surface area (Å²) in [6, 6.07) is 14.7. The predicted molar refractivity (Wildman–Crippen MR) is 84.9 cm³/mol. The maximum absolute atomic E-state index is 13.0. The second-order valence-corrected chi connectivity index (χ2v) is 6.75. The van der Waals surface area contributed by atoms with Crippen LogP contribution in [-0.4, -0.2) is 13.9 Å². The standard InChI is InChI=1S/C17H10F4O3S/c18-15-6-3-11(4-7-15)12-1-2-14-10-16(8-5-13(14)9-12)24-25(22,23)17(19,20)21/h1-10H. The highest BCUT2D eigenvalue weighted by Crippen LogP contribution is 2.30. The Hall–Kier alpha value is -2.61. The van der Waals surface area contributed by atoms with Crippen LogP contribution in [0.4, 0.5) is 17.6 Å². The lowest BCUT2D eigenvalue weighted by atomic mass is 10.0. The van der Waals surface area contributed by atoms with Crippen LogP contribution in [0.1, 0.15) is 0 Å². The van der Waals surface area contributed by atoms with Gasteiger partial charge in [-0.3, -0.25) is 0 Å². The molecule has 0 unspecified atom stereocenters. The maximum Gasteiger partial charge on any atom is 0.534 e. The predicted octanol–water partition coefficient (Wildman–Crippen LogP) is 4.87. The van der Waals surface area contributed by atoms with Crippen LogP contribution < -0.4 is 4.18 Å². The molecule has 3 nitrogen and oxygen atoms in total. The van der Waals surface area contributed by atoms with Crippen LogP contribution in [0.5, 0.6) is 5.75 Å². The van der Waals surface area contributed by atoms with E-state index in [1.54, 1.807) is 30.3 Å². The van der Waals surface area contributed by atoms with Crippen LogP contribution in [0.3, 0.4) is 0 Å². The highest BCUT2D eigenvalue weighted by Gasteiger charge is 2.48. The van der Waals surface area contributed by atoms with Crippen molar-refractivity contribution in [2.24, 2.45) is 0 Å². The average molecular weight is 370 g/mol. The highest BCUT2D eigenvalue weighted by atomic mass is 32.2. The van der Waals surface area contributed by atoms with Gasteiger partial charge >= 0.3 is 15.6 Å². The molecule has 0 aromatic heterocycles. The van der Waals surface area contributed by atoms with E-state index < -0.39 is 21.4 Å². The number of hydrogen-bond donors (Lipinski definition) is 0. The molecule has 0 aliphatic rings. The SMILES string of the molecule is O=S(=O)(Oc1ccc2cc(-c3ccc(F)cc3)ccc2c1)C(F)(F)F. The van der Waals surface area contributed by atoms with Crippen LogP contribution in [0.2, 0.25) is 0 Å². The molecule has 3 rings (SSSR count). The Balaban J connectivity index is 1.95. The van der Waals surface area contributed by atoms with Gasteiger partial charge in [-0.15, -0.1) is 0 Å². The second kappa shape index (κ2) is 6.03. The molecule has 8 heteroatoms. The van der Waals surface area contributed by atoms with Gasteiger partial charge in [0.2, 0.25) is 0 Å². The molecule has 0 fully saturated rings. The molecule has 0 saturated carbocycles. The van der Waals surface area contributed by atoms with Gasteiger partial charge in [0.1, 0.15) is 11.6 Å². The fourth-order valence-electron chi connectivity index (χ4n) is 2.27. The van der Waals surface area contributed by atoms with Crippen molar-refractivity contribution in [3.63, 3.8) is 0 Å². The molecule has 0 atom stereocenters. The summed E-state index contributed by atoms with van der Waals surface area (Å²) in [5.74, 6) is -0.795. The molecule has 130 valence electrons. The Morgan fingerprint density at radius 2 is 1.32 bits per heavy atom. The van der Waals surface area contributed by atoms with Crippen molar-refractivity contribution < 1.29 is 30.2 Å². The van der Waals surface area contributed by atoms with Crippen LogP contribution >= 0.6 is 0 Å². The molecule has 0 radical (unpaired) electrons. The first-order chi connectivity index (χ1) is 11.7. The summed E-state index contributed by atoms with van der Waals surface area (Å²) < 4.78 is 76.3. The van der Waals surface area contributed by atoms with Crippen molar-refractivity contribution in [3.05, 3.63) is 66.5 Å². The Bertz CT molecular complexity index is 1030. The van der Waals surface area contributed by atoms with E-state index in [-0.39, 0.29) is 5.82 Å². The van der Waals surface area contributed by atoms with Gasteiger partial charge < -0.3 is 4.18 Å². The van der Waals surface area contributed by atoms with E-state index in [0.717, 1.165) is 17.2 Å². The zero-order valence-corrected chi connectivity index (χ0v) is 13.2. The molecular weight excluding hydrogens is 360 g/mol. The third kappa shape index (κ3) is 3.58. The minimum absolute atomic E-state index is 0.364. The fourth-order valence-corrected chi connectivity index (χ4v) is 2.72. The fraction of sp³-hybridized carbons (Fsp3) is 0.0588. The van der Waals surface area contributed by atoms with Gasteiger partial charge in [0.05, 0.1) is 0 Å². The first kappa shape index (κ1) is 17.2. The van der Waals surface area contributed by atoms with Crippen molar-refractivity contribution in [2.75, 3.05) is 0 Å². The van der Waals surface area contributed by atoms with E-state index in [0.29, 0.717) is 10.8 Å².